The van der Waals surface area contributed by atoms with Crippen LogP contribution in [0.2, 0.25) is 0 Å². The van der Waals surface area contributed by atoms with E-state index in [1.807, 2.05) is 6.07 Å². The Bertz CT molecular complexity index is 1180. The molecule has 1 unspecified atom stereocenters. The van der Waals surface area contributed by atoms with Crippen LogP contribution in [0.1, 0.15) is 49.8 Å². The lowest BCUT2D eigenvalue weighted by Gasteiger charge is -2.41. The summed E-state index contributed by atoms with van der Waals surface area (Å²) in [5, 5.41) is 2.64. The maximum Gasteiger partial charge on any atom is 0.246 e. The SMILES string of the molecule is CC(C)(N)C(=O)NC(CS(=O)(=O)Cc1ccccc1)C(=O)N1CCC2(CCc3ccccc32)CC1. The number of rotatable bonds is 7. The zero-order chi connectivity index (χ0) is 25.3. The van der Waals surface area contributed by atoms with E-state index in [0.717, 1.165) is 25.7 Å². The number of hydrogen-bond acceptors (Lipinski definition) is 5. The summed E-state index contributed by atoms with van der Waals surface area (Å²) in [5.41, 5.74) is 8.18. The lowest BCUT2D eigenvalue weighted by Crippen LogP contribution is -2.59. The van der Waals surface area contributed by atoms with Crippen LogP contribution < -0.4 is 11.1 Å². The van der Waals surface area contributed by atoms with Crippen LogP contribution in [-0.4, -0.2) is 55.6 Å². The summed E-state index contributed by atoms with van der Waals surface area (Å²) in [4.78, 5) is 27.9. The summed E-state index contributed by atoms with van der Waals surface area (Å²) in [6, 6.07) is 16.2. The van der Waals surface area contributed by atoms with Crippen molar-refractivity contribution in [2.45, 2.75) is 62.3 Å². The number of carbonyl (C=O) groups is 2. The number of nitrogens with two attached hydrogens (primary N) is 1. The van der Waals surface area contributed by atoms with Crippen LogP contribution in [0.15, 0.2) is 54.6 Å². The number of amides is 2. The minimum absolute atomic E-state index is 0.0742. The Morgan fingerprint density at radius 1 is 1.03 bits per heavy atom. The highest BCUT2D eigenvalue weighted by atomic mass is 32.2. The van der Waals surface area contributed by atoms with Gasteiger partial charge in [0, 0.05) is 13.1 Å². The second kappa shape index (κ2) is 9.74. The Kier molecular flexibility index (Phi) is 7.06. The number of aryl methyl sites for hydroxylation is 1. The number of sulfone groups is 1. The Hall–Kier alpha value is -2.71. The van der Waals surface area contributed by atoms with E-state index in [1.54, 1.807) is 29.2 Å². The van der Waals surface area contributed by atoms with Crippen LogP contribution in [0.25, 0.3) is 0 Å². The highest BCUT2D eigenvalue weighted by molar-refractivity contribution is 7.90. The topological polar surface area (TPSA) is 110 Å². The van der Waals surface area contributed by atoms with Gasteiger partial charge >= 0.3 is 0 Å². The maximum atomic E-state index is 13.5. The van der Waals surface area contributed by atoms with E-state index in [-0.39, 0.29) is 17.1 Å². The van der Waals surface area contributed by atoms with Gasteiger partial charge < -0.3 is 16.0 Å². The summed E-state index contributed by atoms with van der Waals surface area (Å²) >= 11 is 0. The van der Waals surface area contributed by atoms with E-state index < -0.39 is 33.1 Å². The maximum absolute atomic E-state index is 13.5. The fraction of sp³-hybridized carbons (Fsp3) is 0.481. The van der Waals surface area contributed by atoms with Gasteiger partial charge in [0.1, 0.15) is 6.04 Å². The molecule has 1 heterocycles. The summed E-state index contributed by atoms with van der Waals surface area (Å²) in [5.74, 6) is -1.57. The Labute approximate surface area is 208 Å². The third-order valence-electron chi connectivity index (χ3n) is 7.33. The van der Waals surface area contributed by atoms with E-state index in [4.69, 9.17) is 5.73 Å². The van der Waals surface area contributed by atoms with Gasteiger partial charge in [0.2, 0.25) is 11.8 Å². The quantitative estimate of drug-likeness (QED) is 0.610. The summed E-state index contributed by atoms with van der Waals surface area (Å²) in [6.45, 7) is 4.13. The highest BCUT2D eigenvalue weighted by Gasteiger charge is 2.43. The van der Waals surface area contributed by atoms with Crippen LogP contribution in [0, 0.1) is 0 Å². The highest BCUT2D eigenvalue weighted by Crippen LogP contribution is 2.46. The van der Waals surface area contributed by atoms with Crippen molar-refractivity contribution in [3.63, 3.8) is 0 Å². The van der Waals surface area contributed by atoms with Gasteiger partial charge in [0.05, 0.1) is 17.0 Å². The predicted octanol–water partition coefficient (Wildman–Crippen LogP) is 2.33. The molecule has 188 valence electrons. The number of nitrogens with zero attached hydrogens (tertiary/aromatic N) is 1. The Morgan fingerprint density at radius 2 is 1.66 bits per heavy atom. The molecule has 4 rings (SSSR count). The number of nitrogens with one attached hydrogen (secondary N) is 1. The van der Waals surface area contributed by atoms with Crippen LogP contribution >= 0.6 is 0 Å². The molecule has 0 aromatic heterocycles. The summed E-state index contributed by atoms with van der Waals surface area (Å²) in [6.07, 6.45) is 3.78. The van der Waals surface area contributed by atoms with Gasteiger partial charge in [-0.2, -0.15) is 0 Å². The lowest BCUT2D eigenvalue weighted by molar-refractivity contribution is -0.138. The first-order chi connectivity index (χ1) is 16.5. The van der Waals surface area contributed by atoms with E-state index in [2.05, 4.69) is 29.6 Å². The van der Waals surface area contributed by atoms with E-state index in [1.165, 1.54) is 25.0 Å². The van der Waals surface area contributed by atoms with Crippen LogP contribution in [-0.2, 0) is 37.0 Å². The molecule has 1 fully saturated rings. The van der Waals surface area contributed by atoms with E-state index in [0.29, 0.717) is 18.7 Å². The zero-order valence-corrected chi connectivity index (χ0v) is 21.3. The van der Waals surface area contributed by atoms with Crippen LogP contribution in [0.3, 0.4) is 0 Å². The molecule has 1 aliphatic carbocycles. The first-order valence-corrected chi connectivity index (χ1v) is 14.0. The molecular weight excluding hydrogens is 462 g/mol. The van der Waals surface area contributed by atoms with Gasteiger partial charge in [-0.15, -0.1) is 0 Å². The van der Waals surface area contributed by atoms with E-state index in [9.17, 15) is 18.0 Å². The number of likely N-dealkylation sites (tertiary alicyclic amines) is 1. The fourth-order valence-corrected chi connectivity index (χ4v) is 6.87. The van der Waals surface area contributed by atoms with Crippen molar-refractivity contribution in [3.05, 3.63) is 71.3 Å². The number of fused-ring (bicyclic) bond motifs is 2. The van der Waals surface area contributed by atoms with Gasteiger partial charge in [-0.3, -0.25) is 9.59 Å². The molecule has 1 atom stereocenters. The van der Waals surface area contributed by atoms with Crippen molar-refractivity contribution in [2.24, 2.45) is 5.73 Å². The van der Waals surface area contributed by atoms with Gasteiger partial charge in [-0.05, 0) is 61.6 Å². The zero-order valence-electron chi connectivity index (χ0n) is 20.5. The average Bonchev–Trinajstić information content (AvgIpc) is 3.16. The van der Waals surface area contributed by atoms with Gasteiger partial charge in [-0.25, -0.2) is 8.42 Å². The van der Waals surface area contributed by atoms with Crippen molar-refractivity contribution in [3.8, 4) is 0 Å². The van der Waals surface area contributed by atoms with Crippen molar-refractivity contribution in [1.29, 1.82) is 0 Å². The van der Waals surface area contributed by atoms with Gasteiger partial charge in [0.15, 0.2) is 9.84 Å². The number of carbonyl (C=O) groups excluding carboxylic acids is 2. The molecule has 35 heavy (non-hydrogen) atoms. The largest absolute Gasteiger partial charge is 0.342 e. The predicted molar refractivity (Wildman–Crippen MR) is 136 cm³/mol. The second-order valence-electron chi connectivity index (χ2n) is 10.6. The van der Waals surface area contributed by atoms with Crippen molar-refractivity contribution in [1.82, 2.24) is 10.2 Å². The summed E-state index contributed by atoms with van der Waals surface area (Å²) < 4.78 is 26.0. The molecule has 2 aliphatic rings. The molecular formula is C27H35N3O4S. The second-order valence-corrected chi connectivity index (χ2v) is 12.7. The smallest absolute Gasteiger partial charge is 0.246 e. The van der Waals surface area contributed by atoms with Crippen LogP contribution in [0.4, 0.5) is 0 Å². The van der Waals surface area contributed by atoms with Crippen molar-refractivity contribution >= 4 is 21.7 Å². The van der Waals surface area contributed by atoms with Gasteiger partial charge in [-0.1, -0.05) is 54.6 Å². The first-order valence-electron chi connectivity index (χ1n) is 12.2. The van der Waals surface area contributed by atoms with Crippen LogP contribution in [0.5, 0.6) is 0 Å². The molecule has 2 aromatic carbocycles. The third-order valence-corrected chi connectivity index (χ3v) is 8.95. The molecule has 0 saturated carbocycles. The molecule has 0 radical (unpaired) electrons. The molecule has 1 saturated heterocycles. The lowest BCUT2D eigenvalue weighted by atomic mass is 9.74. The minimum Gasteiger partial charge on any atom is -0.342 e. The standard InChI is InChI=1S/C27H35N3O4S/c1-26(2,28)25(32)29-23(19-35(33,34)18-20-8-4-3-5-9-20)24(31)30-16-14-27(15-17-30)13-12-21-10-6-7-11-22(21)27/h3-11,23H,12-19,28H2,1-2H3,(H,29,32). The van der Waals surface area contributed by atoms with Gasteiger partial charge in [0.25, 0.3) is 0 Å². The number of benzene rings is 2. The molecule has 0 bridgehead atoms. The minimum atomic E-state index is -3.67. The molecule has 7 nitrogen and oxygen atoms in total. The molecule has 1 aliphatic heterocycles. The molecule has 8 heteroatoms. The van der Waals surface area contributed by atoms with Crippen molar-refractivity contribution < 1.29 is 18.0 Å². The normalized spacial score (nSPS) is 18.2. The molecule has 2 amide bonds. The number of hydrogen-bond donors (Lipinski definition) is 2. The van der Waals surface area contributed by atoms with E-state index >= 15 is 0 Å². The molecule has 2 aromatic rings. The number of piperidine rings is 1. The fourth-order valence-electron chi connectivity index (χ4n) is 5.32. The Morgan fingerprint density at radius 3 is 2.31 bits per heavy atom. The Balaban J connectivity index is 1.49. The summed E-state index contributed by atoms with van der Waals surface area (Å²) in [7, 11) is -3.67. The first kappa shape index (κ1) is 25.4. The molecule has 3 N–H and O–H groups in total. The molecule has 1 spiro atoms. The average molecular weight is 498 g/mol. The van der Waals surface area contributed by atoms with Crippen molar-refractivity contribution in [2.75, 3.05) is 18.8 Å². The monoisotopic (exact) mass is 497 g/mol. The third kappa shape index (κ3) is 5.76.